The number of hydrogen-bond acceptors (Lipinski definition) is 2. The monoisotopic (exact) mass is 330 g/mol. The molecule has 2 nitrogen and oxygen atoms in total. The average Bonchev–Trinajstić information content (AvgIpc) is 2.29. The molecule has 0 fully saturated rings. The third kappa shape index (κ3) is 3.63. The van der Waals surface area contributed by atoms with Crippen LogP contribution in [-0.2, 0) is 9.53 Å². The van der Waals surface area contributed by atoms with Gasteiger partial charge in [-0.1, -0.05) is 18.2 Å². The van der Waals surface area contributed by atoms with Crippen LogP contribution in [0.1, 0.15) is 24.3 Å². The highest BCUT2D eigenvalue weighted by atomic mass is 127. The highest BCUT2D eigenvalue weighted by Gasteiger charge is 2.20. The van der Waals surface area contributed by atoms with Crippen molar-refractivity contribution in [1.29, 1.82) is 0 Å². The Kier molecular flexibility index (Phi) is 5.52. The molecule has 0 heterocycles. The van der Waals surface area contributed by atoms with Crippen molar-refractivity contribution in [2.24, 2.45) is 0 Å². The van der Waals surface area contributed by atoms with Crippen molar-refractivity contribution in [3.63, 3.8) is 0 Å². The van der Waals surface area contributed by atoms with E-state index in [1.807, 2.05) is 30.3 Å². The molecular formula is C13H15IO2. The predicted octanol–water partition coefficient (Wildman–Crippen LogP) is 3.51. The largest absolute Gasteiger partial charge is 0.469 e. The number of carbonyl (C=O) groups is 1. The van der Waals surface area contributed by atoms with E-state index in [0.29, 0.717) is 0 Å². The molecule has 0 bridgehead atoms. The van der Waals surface area contributed by atoms with Crippen molar-refractivity contribution in [3.8, 4) is 0 Å². The normalized spacial score (nSPS) is 11.9. The molecule has 0 aromatic heterocycles. The van der Waals surface area contributed by atoms with Crippen LogP contribution < -0.4 is 0 Å². The molecule has 0 saturated carbocycles. The minimum absolute atomic E-state index is 0.177. The van der Waals surface area contributed by atoms with Gasteiger partial charge in [-0.2, -0.15) is 0 Å². The van der Waals surface area contributed by atoms with Crippen LogP contribution in [0, 0.1) is 3.57 Å². The van der Waals surface area contributed by atoms with Gasteiger partial charge in [0.1, 0.15) is 0 Å². The van der Waals surface area contributed by atoms with Crippen LogP contribution in [-0.4, -0.2) is 13.1 Å². The first-order chi connectivity index (χ1) is 7.69. The van der Waals surface area contributed by atoms with Crippen LogP contribution in [0.25, 0.3) is 0 Å². The zero-order valence-electron chi connectivity index (χ0n) is 9.28. The Morgan fingerprint density at radius 2 is 2.38 bits per heavy atom. The van der Waals surface area contributed by atoms with Gasteiger partial charge in [0.25, 0.3) is 0 Å². The summed E-state index contributed by atoms with van der Waals surface area (Å²) in [6.45, 7) is 3.68. The van der Waals surface area contributed by atoms with Crippen molar-refractivity contribution in [2.45, 2.75) is 18.8 Å². The van der Waals surface area contributed by atoms with E-state index in [9.17, 15) is 4.79 Å². The van der Waals surface area contributed by atoms with Crippen LogP contribution in [0.4, 0.5) is 0 Å². The number of esters is 1. The lowest BCUT2D eigenvalue weighted by molar-refractivity contribution is -0.142. The Morgan fingerprint density at radius 1 is 1.62 bits per heavy atom. The quantitative estimate of drug-likeness (QED) is 0.469. The summed E-state index contributed by atoms with van der Waals surface area (Å²) in [6.07, 6.45) is 3.38. The van der Waals surface area contributed by atoms with Crippen molar-refractivity contribution in [3.05, 3.63) is 46.1 Å². The maximum absolute atomic E-state index is 11.7. The fourth-order valence-corrected chi connectivity index (χ4v) is 2.14. The minimum atomic E-state index is -0.183. The van der Waals surface area contributed by atoms with Gasteiger partial charge >= 0.3 is 5.97 Å². The Balaban J connectivity index is 2.91. The maximum Gasteiger partial charge on any atom is 0.313 e. The summed E-state index contributed by atoms with van der Waals surface area (Å²) in [5.41, 5.74) is 1.01. The van der Waals surface area contributed by atoms with Crippen LogP contribution in [0.5, 0.6) is 0 Å². The van der Waals surface area contributed by atoms with Gasteiger partial charge in [0, 0.05) is 3.57 Å². The molecular weight excluding hydrogens is 315 g/mol. The summed E-state index contributed by atoms with van der Waals surface area (Å²) in [5, 5.41) is 0. The van der Waals surface area contributed by atoms with Crippen molar-refractivity contribution >= 4 is 28.6 Å². The molecule has 16 heavy (non-hydrogen) atoms. The van der Waals surface area contributed by atoms with Crippen molar-refractivity contribution in [1.82, 2.24) is 0 Å². The molecule has 1 unspecified atom stereocenters. The summed E-state index contributed by atoms with van der Waals surface area (Å²) in [5.74, 6) is -0.360. The molecule has 86 valence electrons. The Morgan fingerprint density at radius 3 is 2.94 bits per heavy atom. The van der Waals surface area contributed by atoms with E-state index in [1.165, 1.54) is 7.11 Å². The summed E-state index contributed by atoms with van der Waals surface area (Å²) in [6, 6.07) is 7.95. The highest BCUT2D eigenvalue weighted by Crippen LogP contribution is 2.24. The molecule has 1 aromatic rings. The third-order valence-electron chi connectivity index (χ3n) is 2.40. The number of rotatable bonds is 5. The first-order valence-electron chi connectivity index (χ1n) is 5.13. The van der Waals surface area contributed by atoms with Gasteiger partial charge in [-0.05, 0) is 53.1 Å². The molecule has 0 N–H and O–H groups in total. The standard InChI is InChI=1S/C13H15IO2/c1-3-4-8-12(13(15)16-2)10-6-5-7-11(14)9-10/h3,5-7,9,12H,1,4,8H2,2H3. The van der Waals surface area contributed by atoms with Gasteiger partial charge in [0.05, 0.1) is 13.0 Å². The molecule has 0 amide bonds. The maximum atomic E-state index is 11.7. The van der Waals surface area contributed by atoms with Gasteiger partial charge in [-0.3, -0.25) is 4.79 Å². The molecule has 0 aliphatic carbocycles. The number of halogens is 1. The number of carbonyl (C=O) groups excluding carboxylic acids is 1. The second kappa shape index (κ2) is 6.68. The lowest BCUT2D eigenvalue weighted by atomic mass is 9.94. The minimum Gasteiger partial charge on any atom is -0.469 e. The topological polar surface area (TPSA) is 26.3 Å². The Bertz CT molecular complexity index is 374. The average molecular weight is 330 g/mol. The van der Waals surface area contributed by atoms with E-state index in [4.69, 9.17) is 4.74 Å². The number of ether oxygens (including phenoxy) is 1. The lowest BCUT2D eigenvalue weighted by Crippen LogP contribution is -2.14. The Labute approximate surface area is 110 Å². The smallest absolute Gasteiger partial charge is 0.313 e. The summed E-state index contributed by atoms with van der Waals surface area (Å²) < 4.78 is 5.96. The first-order valence-corrected chi connectivity index (χ1v) is 6.21. The highest BCUT2D eigenvalue weighted by molar-refractivity contribution is 14.1. The molecule has 1 atom stereocenters. The number of methoxy groups -OCH3 is 1. The summed E-state index contributed by atoms with van der Waals surface area (Å²) in [7, 11) is 1.43. The zero-order valence-corrected chi connectivity index (χ0v) is 11.4. The van der Waals surface area contributed by atoms with E-state index < -0.39 is 0 Å². The molecule has 0 spiro atoms. The molecule has 1 aromatic carbocycles. The van der Waals surface area contributed by atoms with E-state index >= 15 is 0 Å². The predicted molar refractivity (Wildman–Crippen MR) is 73.3 cm³/mol. The number of hydrogen-bond donors (Lipinski definition) is 0. The van der Waals surface area contributed by atoms with Gasteiger partial charge < -0.3 is 4.74 Å². The van der Waals surface area contributed by atoms with E-state index in [-0.39, 0.29) is 11.9 Å². The SMILES string of the molecule is C=CCCC(C(=O)OC)c1cccc(I)c1. The fraction of sp³-hybridized carbons (Fsp3) is 0.308. The lowest BCUT2D eigenvalue weighted by Gasteiger charge is -2.14. The molecule has 0 aliphatic heterocycles. The molecule has 0 radical (unpaired) electrons. The van der Waals surface area contributed by atoms with Crippen LogP contribution in [0.2, 0.25) is 0 Å². The number of allylic oxidation sites excluding steroid dienone is 1. The second-order valence-electron chi connectivity index (χ2n) is 3.50. The fourth-order valence-electron chi connectivity index (χ4n) is 1.57. The Hall–Kier alpha value is -0.840. The summed E-state index contributed by atoms with van der Waals surface area (Å²) in [4.78, 5) is 11.7. The van der Waals surface area contributed by atoms with Gasteiger partial charge in [0.15, 0.2) is 0 Å². The van der Waals surface area contributed by atoms with E-state index in [1.54, 1.807) is 0 Å². The van der Waals surface area contributed by atoms with Crippen molar-refractivity contribution < 1.29 is 9.53 Å². The molecule has 3 heteroatoms. The second-order valence-corrected chi connectivity index (χ2v) is 4.74. The van der Waals surface area contributed by atoms with E-state index in [2.05, 4.69) is 29.2 Å². The van der Waals surface area contributed by atoms with Crippen LogP contribution in [0.3, 0.4) is 0 Å². The van der Waals surface area contributed by atoms with Crippen LogP contribution >= 0.6 is 22.6 Å². The molecule has 0 saturated heterocycles. The van der Waals surface area contributed by atoms with Gasteiger partial charge in [-0.25, -0.2) is 0 Å². The molecule has 0 aliphatic rings. The van der Waals surface area contributed by atoms with Crippen molar-refractivity contribution in [2.75, 3.05) is 7.11 Å². The zero-order chi connectivity index (χ0) is 12.0. The van der Waals surface area contributed by atoms with E-state index in [0.717, 1.165) is 22.0 Å². The molecule has 1 rings (SSSR count). The summed E-state index contributed by atoms with van der Waals surface area (Å²) >= 11 is 2.24. The first kappa shape index (κ1) is 13.2. The van der Waals surface area contributed by atoms with Gasteiger partial charge in [-0.15, -0.1) is 6.58 Å². The van der Waals surface area contributed by atoms with Gasteiger partial charge in [0.2, 0.25) is 0 Å². The third-order valence-corrected chi connectivity index (χ3v) is 3.07. The van der Waals surface area contributed by atoms with Crippen LogP contribution in [0.15, 0.2) is 36.9 Å². The number of benzene rings is 1.